The van der Waals surface area contributed by atoms with Crippen LogP contribution in [0.3, 0.4) is 0 Å². The average molecular weight is 152 g/mol. The van der Waals surface area contributed by atoms with Crippen LogP contribution in [0, 0.1) is 0 Å². The maximum absolute atomic E-state index is 5.50. The van der Waals surface area contributed by atoms with Gasteiger partial charge in [-0.25, -0.2) is 0 Å². The summed E-state index contributed by atoms with van der Waals surface area (Å²) in [5.41, 5.74) is 0.894. The molecule has 1 unspecified atom stereocenters. The van der Waals surface area contributed by atoms with Gasteiger partial charge in [0.05, 0.1) is 6.26 Å². The van der Waals surface area contributed by atoms with Crippen molar-refractivity contribution >= 4 is 0 Å². The molecule has 0 radical (unpaired) electrons. The molecule has 0 aromatic carbocycles. The van der Waals surface area contributed by atoms with Gasteiger partial charge in [0.2, 0.25) is 0 Å². The van der Waals surface area contributed by atoms with Gasteiger partial charge in [0, 0.05) is 5.57 Å². The smallest absolute Gasteiger partial charge is 0.190 e. The first-order chi connectivity index (χ1) is 5.42. The van der Waals surface area contributed by atoms with Crippen molar-refractivity contribution < 1.29 is 14.2 Å². The van der Waals surface area contributed by atoms with Gasteiger partial charge in [0.25, 0.3) is 0 Å². The molecule has 1 aliphatic carbocycles. The Hall–Kier alpha value is -0.960. The highest BCUT2D eigenvalue weighted by Crippen LogP contribution is 2.46. The molecule has 0 saturated carbocycles. The number of ether oxygens (including phenoxy) is 3. The van der Waals surface area contributed by atoms with Crippen LogP contribution >= 0.6 is 0 Å². The highest BCUT2D eigenvalue weighted by atomic mass is 16.7. The highest BCUT2D eigenvalue weighted by molar-refractivity contribution is 5.41. The third kappa shape index (κ3) is 0.496. The predicted octanol–water partition coefficient (Wildman–Crippen LogP) is 0.931. The number of hydrogen-bond donors (Lipinski definition) is 0. The topological polar surface area (TPSA) is 27.7 Å². The Morgan fingerprint density at radius 3 is 3.45 bits per heavy atom. The van der Waals surface area contributed by atoms with Crippen LogP contribution in [-0.2, 0) is 14.2 Å². The molecule has 2 aliphatic heterocycles. The Bertz CT molecular complexity index is 267. The standard InChI is InChI=1S/C8H8O3/c1-2-7-8(11-5-10-7)4-9-3-6(1)8/h2-3H,1,4-5H2. The van der Waals surface area contributed by atoms with E-state index in [2.05, 4.69) is 6.08 Å². The Morgan fingerprint density at radius 2 is 2.45 bits per heavy atom. The Labute approximate surface area is 64.2 Å². The first-order valence-electron chi connectivity index (χ1n) is 3.70. The fraction of sp³-hybridized carbons (Fsp3) is 0.500. The molecule has 3 aliphatic rings. The normalized spacial score (nSPS) is 38.5. The SMILES string of the molecule is C1=C2CC=C3OCOC23CO1. The quantitative estimate of drug-likeness (QED) is 0.516. The molecule has 1 atom stereocenters. The van der Waals surface area contributed by atoms with Crippen LogP contribution in [0.5, 0.6) is 0 Å². The van der Waals surface area contributed by atoms with Gasteiger partial charge < -0.3 is 14.2 Å². The van der Waals surface area contributed by atoms with Gasteiger partial charge in [-0.15, -0.1) is 0 Å². The molecular weight excluding hydrogens is 144 g/mol. The van der Waals surface area contributed by atoms with E-state index in [9.17, 15) is 0 Å². The summed E-state index contributed by atoms with van der Waals surface area (Å²) >= 11 is 0. The van der Waals surface area contributed by atoms with E-state index in [1.165, 1.54) is 5.57 Å². The lowest BCUT2D eigenvalue weighted by molar-refractivity contribution is -0.00435. The molecular formula is C8H8O3. The van der Waals surface area contributed by atoms with E-state index in [1.54, 1.807) is 6.26 Å². The molecule has 3 nitrogen and oxygen atoms in total. The molecule has 11 heavy (non-hydrogen) atoms. The van der Waals surface area contributed by atoms with Crippen molar-refractivity contribution in [2.24, 2.45) is 0 Å². The summed E-state index contributed by atoms with van der Waals surface area (Å²) in [7, 11) is 0. The lowest BCUT2D eigenvalue weighted by atomic mass is 10.0. The van der Waals surface area contributed by atoms with E-state index in [-0.39, 0.29) is 5.60 Å². The maximum Gasteiger partial charge on any atom is 0.190 e. The van der Waals surface area contributed by atoms with Crippen LogP contribution in [0.2, 0.25) is 0 Å². The second-order valence-electron chi connectivity index (χ2n) is 2.96. The minimum atomic E-state index is -0.306. The molecule has 0 aromatic heterocycles. The Morgan fingerprint density at radius 1 is 1.45 bits per heavy atom. The van der Waals surface area contributed by atoms with Crippen molar-refractivity contribution in [2.75, 3.05) is 13.4 Å². The average Bonchev–Trinajstić information content (AvgIpc) is 2.55. The molecule has 58 valence electrons. The van der Waals surface area contributed by atoms with Gasteiger partial charge in [-0.3, -0.25) is 0 Å². The van der Waals surface area contributed by atoms with E-state index >= 15 is 0 Å². The molecule has 0 N–H and O–H groups in total. The molecule has 0 bridgehead atoms. The second-order valence-corrected chi connectivity index (χ2v) is 2.96. The van der Waals surface area contributed by atoms with Crippen molar-refractivity contribution in [3.05, 3.63) is 23.7 Å². The molecule has 2 heterocycles. The molecule has 1 fully saturated rings. The second kappa shape index (κ2) is 1.61. The predicted molar refractivity (Wildman–Crippen MR) is 36.5 cm³/mol. The summed E-state index contributed by atoms with van der Waals surface area (Å²) in [5.74, 6) is 0.946. The number of hydrogen-bond acceptors (Lipinski definition) is 3. The van der Waals surface area contributed by atoms with Gasteiger partial charge in [0.15, 0.2) is 12.4 Å². The number of rotatable bonds is 0. The van der Waals surface area contributed by atoms with Crippen LogP contribution in [0.15, 0.2) is 23.7 Å². The third-order valence-electron chi connectivity index (χ3n) is 2.46. The van der Waals surface area contributed by atoms with Crippen LogP contribution in [0.4, 0.5) is 0 Å². The third-order valence-corrected chi connectivity index (χ3v) is 2.46. The molecule has 0 amide bonds. The first kappa shape index (κ1) is 5.66. The van der Waals surface area contributed by atoms with Crippen molar-refractivity contribution in [3.63, 3.8) is 0 Å². The zero-order chi connectivity index (χ0) is 7.31. The summed E-state index contributed by atoms with van der Waals surface area (Å²) in [6, 6.07) is 0. The minimum absolute atomic E-state index is 0.306. The van der Waals surface area contributed by atoms with Crippen LogP contribution in [0.25, 0.3) is 0 Å². The summed E-state index contributed by atoms with van der Waals surface area (Å²) < 4.78 is 16.0. The summed E-state index contributed by atoms with van der Waals surface area (Å²) in [5, 5.41) is 0. The largest absolute Gasteiger partial charge is 0.497 e. The lowest BCUT2D eigenvalue weighted by Crippen LogP contribution is -2.30. The maximum atomic E-state index is 5.50. The van der Waals surface area contributed by atoms with E-state index < -0.39 is 0 Å². The van der Waals surface area contributed by atoms with Gasteiger partial charge in [0.1, 0.15) is 12.4 Å². The van der Waals surface area contributed by atoms with Gasteiger partial charge in [-0.1, -0.05) is 0 Å². The van der Waals surface area contributed by atoms with E-state index in [4.69, 9.17) is 14.2 Å². The van der Waals surface area contributed by atoms with Gasteiger partial charge >= 0.3 is 0 Å². The summed E-state index contributed by atoms with van der Waals surface area (Å²) in [6.07, 6.45) is 4.77. The van der Waals surface area contributed by atoms with Gasteiger partial charge in [-0.2, -0.15) is 0 Å². The lowest BCUT2D eigenvalue weighted by Gasteiger charge is -2.16. The summed E-state index contributed by atoms with van der Waals surface area (Å²) in [4.78, 5) is 0. The zero-order valence-electron chi connectivity index (χ0n) is 6.00. The van der Waals surface area contributed by atoms with Crippen LogP contribution in [-0.4, -0.2) is 19.0 Å². The van der Waals surface area contributed by atoms with Crippen LogP contribution < -0.4 is 0 Å². The summed E-state index contributed by atoms with van der Waals surface area (Å²) in [6.45, 7) is 0.959. The molecule has 3 heteroatoms. The van der Waals surface area contributed by atoms with Crippen LogP contribution in [0.1, 0.15) is 6.42 Å². The first-order valence-corrected chi connectivity index (χ1v) is 3.70. The Kier molecular flexibility index (Phi) is 0.829. The zero-order valence-corrected chi connectivity index (χ0v) is 6.00. The van der Waals surface area contributed by atoms with E-state index in [0.717, 1.165) is 12.2 Å². The molecule has 1 saturated heterocycles. The number of allylic oxidation sites excluding steroid dienone is 1. The molecule has 0 aromatic rings. The van der Waals surface area contributed by atoms with Gasteiger partial charge in [-0.05, 0) is 12.5 Å². The fourth-order valence-corrected chi connectivity index (χ4v) is 1.83. The van der Waals surface area contributed by atoms with E-state index in [0.29, 0.717) is 13.4 Å². The highest BCUT2D eigenvalue weighted by Gasteiger charge is 2.52. The fourth-order valence-electron chi connectivity index (χ4n) is 1.83. The van der Waals surface area contributed by atoms with Crippen molar-refractivity contribution in [1.29, 1.82) is 0 Å². The molecule has 1 spiro atoms. The van der Waals surface area contributed by atoms with E-state index in [1.807, 2.05) is 0 Å². The minimum Gasteiger partial charge on any atom is -0.497 e. The molecule has 3 rings (SSSR count). The van der Waals surface area contributed by atoms with Crippen molar-refractivity contribution in [2.45, 2.75) is 12.0 Å². The monoisotopic (exact) mass is 152 g/mol. The van der Waals surface area contributed by atoms with Crippen molar-refractivity contribution in [3.8, 4) is 0 Å². The Balaban J connectivity index is 2.14. The van der Waals surface area contributed by atoms with Crippen molar-refractivity contribution in [1.82, 2.24) is 0 Å².